The number of thiol groups is 1. The van der Waals surface area contributed by atoms with E-state index >= 15 is 0 Å². The molecule has 0 aliphatic carbocycles. The van der Waals surface area contributed by atoms with Crippen molar-refractivity contribution in [3.8, 4) is 0 Å². The number of carbonyl (C=O) groups is 1. The van der Waals surface area contributed by atoms with Gasteiger partial charge in [-0.3, -0.25) is 4.79 Å². The van der Waals surface area contributed by atoms with Crippen LogP contribution in [0, 0.1) is 5.82 Å². The van der Waals surface area contributed by atoms with Gasteiger partial charge in [-0.2, -0.15) is 0 Å². The molecule has 0 aromatic heterocycles. The van der Waals surface area contributed by atoms with Gasteiger partial charge in [-0.15, -0.1) is 12.6 Å². The number of para-hydroxylation sites is 1. The van der Waals surface area contributed by atoms with Crippen LogP contribution in [0.5, 0.6) is 0 Å². The fourth-order valence-corrected chi connectivity index (χ4v) is 2.92. The van der Waals surface area contributed by atoms with Crippen LogP contribution in [-0.2, 0) is 6.42 Å². The highest BCUT2D eigenvalue weighted by Crippen LogP contribution is 2.28. The number of nitrogens with zero attached hydrogens (tertiary/aromatic N) is 1. The van der Waals surface area contributed by atoms with Gasteiger partial charge in [0.25, 0.3) is 5.91 Å². The van der Waals surface area contributed by atoms with Crippen LogP contribution < -0.4 is 4.90 Å². The minimum atomic E-state index is -0.411. The Morgan fingerprint density at radius 1 is 1.14 bits per heavy atom. The molecule has 0 atom stereocenters. The molecular weight excluding hydrogens is 285 g/mol. The molecule has 0 saturated carbocycles. The van der Waals surface area contributed by atoms with Gasteiger partial charge in [0.05, 0.1) is 0 Å². The number of aryl methyl sites for hydroxylation is 1. The Hall–Kier alpha value is -1.81. The minimum absolute atomic E-state index is 0.0975. The summed E-state index contributed by atoms with van der Waals surface area (Å²) in [5.74, 6) is -0.509. The van der Waals surface area contributed by atoms with E-state index in [1.54, 1.807) is 4.90 Å². The molecule has 1 amide bonds. The Morgan fingerprint density at radius 3 is 2.76 bits per heavy atom. The van der Waals surface area contributed by atoms with Crippen molar-refractivity contribution < 1.29 is 9.18 Å². The van der Waals surface area contributed by atoms with Crippen molar-refractivity contribution in [2.45, 2.75) is 24.2 Å². The minimum Gasteiger partial charge on any atom is -0.308 e. The molecular formula is C17H16FNOS. The molecule has 0 radical (unpaired) electrons. The number of benzene rings is 2. The van der Waals surface area contributed by atoms with Crippen LogP contribution in [0.2, 0.25) is 0 Å². The lowest BCUT2D eigenvalue weighted by atomic mass is 10.1. The van der Waals surface area contributed by atoms with Crippen LogP contribution >= 0.6 is 12.6 Å². The van der Waals surface area contributed by atoms with Crippen LogP contribution in [0.4, 0.5) is 10.1 Å². The normalized spacial score (nSPS) is 14.5. The number of carbonyl (C=O) groups excluding carboxylic acids is 1. The summed E-state index contributed by atoms with van der Waals surface area (Å²) in [5, 5.41) is 0. The van der Waals surface area contributed by atoms with E-state index in [1.165, 1.54) is 23.8 Å². The maximum absolute atomic E-state index is 13.3. The standard InChI is InChI=1S/C17H16FNOS/c18-14-9-8-13(11-16(14)21)17(20)19-10-4-3-6-12-5-1-2-7-15(12)19/h1-2,5,7-9,11,21H,3-4,6,10H2. The fourth-order valence-electron chi connectivity index (χ4n) is 2.70. The van der Waals surface area contributed by atoms with E-state index in [1.807, 2.05) is 18.2 Å². The van der Waals surface area contributed by atoms with Crippen LogP contribution in [0.3, 0.4) is 0 Å². The third-order valence-electron chi connectivity index (χ3n) is 3.80. The average molecular weight is 301 g/mol. The van der Waals surface area contributed by atoms with Crippen molar-refractivity contribution in [3.05, 3.63) is 59.4 Å². The van der Waals surface area contributed by atoms with Gasteiger partial charge in [0.15, 0.2) is 0 Å². The molecule has 0 fully saturated rings. The van der Waals surface area contributed by atoms with Crippen molar-refractivity contribution in [2.75, 3.05) is 11.4 Å². The van der Waals surface area contributed by atoms with E-state index in [0.717, 1.165) is 24.9 Å². The lowest BCUT2D eigenvalue weighted by molar-refractivity contribution is 0.0986. The number of halogens is 1. The highest BCUT2D eigenvalue weighted by Gasteiger charge is 2.22. The first-order valence-corrected chi connectivity index (χ1v) is 7.50. The van der Waals surface area contributed by atoms with Gasteiger partial charge in [-0.1, -0.05) is 18.2 Å². The van der Waals surface area contributed by atoms with Gasteiger partial charge in [-0.25, -0.2) is 4.39 Å². The van der Waals surface area contributed by atoms with E-state index in [9.17, 15) is 9.18 Å². The van der Waals surface area contributed by atoms with Crippen molar-refractivity contribution in [2.24, 2.45) is 0 Å². The Balaban J connectivity index is 1.99. The summed E-state index contributed by atoms with van der Waals surface area (Å²) in [6.45, 7) is 0.690. The third kappa shape index (κ3) is 2.81. The number of rotatable bonds is 1. The summed E-state index contributed by atoms with van der Waals surface area (Å²) >= 11 is 4.06. The molecule has 0 saturated heterocycles. The maximum Gasteiger partial charge on any atom is 0.258 e. The van der Waals surface area contributed by atoms with Gasteiger partial charge >= 0.3 is 0 Å². The predicted molar refractivity (Wildman–Crippen MR) is 84.7 cm³/mol. The fraction of sp³-hybridized carbons (Fsp3) is 0.235. The van der Waals surface area contributed by atoms with E-state index < -0.39 is 5.82 Å². The Kier molecular flexibility index (Phi) is 3.97. The predicted octanol–water partition coefficient (Wildman–Crippen LogP) is 4.10. The highest BCUT2D eigenvalue weighted by atomic mass is 32.1. The van der Waals surface area contributed by atoms with Crippen molar-refractivity contribution in [1.82, 2.24) is 0 Å². The van der Waals surface area contributed by atoms with Gasteiger partial charge in [0, 0.05) is 22.7 Å². The molecule has 1 aliphatic rings. The number of hydrogen-bond donors (Lipinski definition) is 1. The zero-order chi connectivity index (χ0) is 14.8. The van der Waals surface area contributed by atoms with Gasteiger partial charge in [0.1, 0.15) is 5.82 Å². The molecule has 4 heteroatoms. The quantitative estimate of drug-likeness (QED) is 0.786. The zero-order valence-corrected chi connectivity index (χ0v) is 12.4. The summed E-state index contributed by atoms with van der Waals surface area (Å²) in [4.78, 5) is 14.7. The number of amides is 1. The first-order valence-electron chi connectivity index (χ1n) is 7.05. The number of anilines is 1. The molecule has 0 N–H and O–H groups in total. The van der Waals surface area contributed by atoms with Crippen LogP contribution in [0.25, 0.3) is 0 Å². The highest BCUT2D eigenvalue weighted by molar-refractivity contribution is 7.80. The molecule has 108 valence electrons. The topological polar surface area (TPSA) is 20.3 Å². The number of fused-ring (bicyclic) bond motifs is 1. The second kappa shape index (κ2) is 5.90. The second-order valence-electron chi connectivity index (χ2n) is 5.21. The third-order valence-corrected chi connectivity index (χ3v) is 4.14. The molecule has 2 aromatic carbocycles. The SMILES string of the molecule is O=C(c1ccc(F)c(S)c1)N1CCCCc2ccccc21. The molecule has 1 heterocycles. The van der Waals surface area contributed by atoms with Crippen molar-refractivity contribution >= 4 is 24.2 Å². The Labute approximate surface area is 129 Å². The summed E-state index contributed by atoms with van der Waals surface area (Å²) in [5.41, 5.74) is 2.62. The second-order valence-corrected chi connectivity index (χ2v) is 5.69. The Bertz CT molecular complexity index is 686. The summed E-state index contributed by atoms with van der Waals surface area (Å²) in [7, 11) is 0. The Morgan fingerprint density at radius 2 is 1.95 bits per heavy atom. The lowest BCUT2D eigenvalue weighted by Gasteiger charge is -2.23. The smallest absolute Gasteiger partial charge is 0.258 e. The first kappa shape index (κ1) is 14.1. The number of hydrogen-bond acceptors (Lipinski definition) is 2. The molecule has 0 unspecified atom stereocenters. The van der Waals surface area contributed by atoms with E-state index in [0.29, 0.717) is 12.1 Å². The van der Waals surface area contributed by atoms with Crippen LogP contribution in [-0.4, -0.2) is 12.5 Å². The van der Waals surface area contributed by atoms with Gasteiger partial charge in [0.2, 0.25) is 0 Å². The molecule has 2 aromatic rings. The van der Waals surface area contributed by atoms with Gasteiger partial charge < -0.3 is 4.90 Å². The molecule has 0 spiro atoms. The summed E-state index contributed by atoms with van der Waals surface area (Å²) in [6.07, 6.45) is 3.03. The monoisotopic (exact) mass is 301 g/mol. The van der Waals surface area contributed by atoms with Crippen molar-refractivity contribution in [1.29, 1.82) is 0 Å². The summed E-state index contributed by atoms with van der Waals surface area (Å²) in [6, 6.07) is 12.3. The molecule has 3 rings (SSSR count). The average Bonchev–Trinajstić information content (AvgIpc) is 2.71. The largest absolute Gasteiger partial charge is 0.308 e. The molecule has 21 heavy (non-hydrogen) atoms. The van der Waals surface area contributed by atoms with Gasteiger partial charge in [-0.05, 0) is 49.1 Å². The van der Waals surface area contributed by atoms with Crippen LogP contribution in [0.1, 0.15) is 28.8 Å². The molecule has 0 bridgehead atoms. The summed E-state index contributed by atoms with van der Waals surface area (Å²) < 4.78 is 13.3. The van der Waals surface area contributed by atoms with Crippen LogP contribution in [0.15, 0.2) is 47.4 Å². The van der Waals surface area contributed by atoms with E-state index in [4.69, 9.17) is 0 Å². The zero-order valence-electron chi connectivity index (χ0n) is 11.6. The van der Waals surface area contributed by atoms with Crippen molar-refractivity contribution in [3.63, 3.8) is 0 Å². The van der Waals surface area contributed by atoms with E-state index in [-0.39, 0.29) is 10.8 Å². The first-order chi connectivity index (χ1) is 10.2. The molecule has 1 aliphatic heterocycles. The molecule has 2 nitrogen and oxygen atoms in total. The van der Waals surface area contributed by atoms with E-state index in [2.05, 4.69) is 18.7 Å². The lowest BCUT2D eigenvalue weighted by Crippen LogP contribution is -2.31. The maximum atomic E-state index is 13.3.